The number of nitro benzene ring substituents is 1. The van der Waals surface area contributed by atoms with Gasteiger partial charge in [-0.3, -0.25) is 10.1 Å². The van der Waals surface area contributed by atoms with E-state index in [4.69, 9.17) is 4.74 Å². The van der Waals surface area contributed by atoms with E-state index in [2.05, 4.69) is 11.9 Å². The summed E-state index contributed by atoms with van der Waals surface area (Å²) in [4.78, 5) is 10.8. The average Bonchev–Trinajstić information content (AvgIpc) is 2.41. The lowest BCUT2D eigenvalue weighted by atomic mass is 10.2. The van der Waals surface area contributed by atoms with Gasteiger partial charge >= 0.3 is 5.69 Å². The van der Waals surface area contributed by atoms with Crippen molar-refractivity contribution in [3.63, 3.8) is 0 Å². The van der Waals surface area contributed by atoms with Crippen LogP contribution >= 0.6 is 0 Å². The molecule has 1 aromatic carbocycles. The van der Waals surface area contributed by atoms with Gasteiger partial charge in [0.05, 0.1) is 11.5 Å². The van der Waals surface area contributed by atoms with E-state index in [1.54, 1.807) is 24.3 Å². The predicted molar refractivity (Wildman–Crippen MR) is 76.8 cm³/mol. The van der Waals surface area contributed by atoms with Crippen molar-refractivity contribution in [2.75, 3.05) is 18.5 Å². The van der Waals surface area contributed by atoms with Crippen LogP contribution in [0.15, 0.2) is 30.9 Å². The first-order valence-electron chi connectivity index (χ1n) is 6.45. The smallest absolute Gasteiger partial charge is 0.333 e. The Morgan fingerprint density at radius 3 is 2.95 bits per heavy atom. The maximum atomic E-state index is 11.2. The zero-order valence-corrected chi connectivity index (χ0v) is 11.2. The number of nitrogens with zero attached hydrogens (tertiary/aromatic N) is 1. The summed E-state index contributed by atoms with van der Waals surface area (Å²) in [5.41, 5.74) is 0.516. The maximum absolute atomic E-state index is 11.2. The molecule has 19 heavy (non-hydrogen) atoms. The van der Waals surface area contributed by atoms with Crippen LogP contribution < -0.4 is 10.1 Å². The third-order valence-electron chi connectivity index (χ3n) is 2.56. The number of para-hydroxylation sites is 1. The minimum absolute atomic E-state index is 0.00885. The fourth-order valence-corrected chi connectivity index (χ4v) is 1.64. The molecular weight excluding hydrogens is 244 g/mol. The van der Waals surface area contributed by atoms with Gasteiger partial charge in [-0.1, -0.05) is 19.1 Å². The van der Waals surface area contributed by atoms with E-state index in [-0.39, 0.29) is 5.69 Å². The molecule has 0 aliphatic heterocycles. The molecule has 0 spiro atoms. The minimum atomic E-state index is -0.402. The highest BCUT2D eigenvalue weighted by Gasteiger charge is 2.20. The maximum Gasteiger partial charge on any atom is 0.333 e. The number of anilines is 1. The van der Waals surface area contributed by atoms with E-state index in [0.29, 0.717) is 24.6 Å². The Hall–Kier alpha value is -2.04. The zero-order chi connectivity index (χ0) is 14.1. The van der Waals surface area contributed by atoms with Crippen molar-refractivity contribution < 1.29 is 9.66 Å². The summed E-state index contributed by atoms with van der Waals surface area (Å²) in [6, 6.07) is 5.08. The molecule has 1 N–H and O–H groups in total. The molecule has 0 bridgehead atoms. The molecule has 0 radical (unpaired) electrons. The number of allylic oxidation sites excluding steroid dienone is 1. The second-order valence-electron chi connectivity index (χ2n) is 4.12. The molecular formula is C14H20N2O3. The number of nitrogens with one attached hydrogen (secondary N) is 1. The molecule has 0 atom stereocenters. The summed E-state index contributed by atoms with van der Waals surface area (Å²) in [6.07, 6.45) is 4.34. The van der Waals surface area contributed by atoms with Crippen LogP contribution in [0.1, 0.15) is 26.2 Å². The minimum Gasteiger partial charge on any atom is -0.487 e. The highest BCUT2D eigenvalue weighted by Crippen LogP contribution is 2.34. The quantitative estimate of drug-likeness (QED) is 0.319. The lowest BCUT2D eigenvalue weighted by Gasteiger charge is -2.10. The Morgan fingerprint density at radius 2 is 2.32 bits per heavy atom. The second kappa shape index (κ2) is 8.13. The summed E-state index contributed by atoms with van der Waals surface area (Å²) >= 11 is 0. The number of hydrogen-bond acceptors (Lipinski definition) is 4. The van der Waals surface area contributed by atoms with Crippen molar-refractivity contribution in [3.8, 4) is 5.75 Å². The molecule has 104 valence electrons. The van der Waals surface area contributed by atoms with E-state index < -0.39 is 4.92 Å². The van der Waals surface area contributed by atoms with E-state index in [0.717, 1.165) is 19.3 Å². The first-order valence-corrected chi connectivity index (χ1v) is 6.45. The lowest BCUT2D eigenvalue weighted by molar-refractivity contribution is -0.385. The molecule has 0 saturated heterocycles. The average molecular weight is 264 g/mol. The van der Waals surface area contributed by atoms with Gasteiger partial charge in [0.2, 0.25) is 0 Å². The number of benzene rings is 1. The number of rotatable bonds is 9. The van der Waals surface area contributed by atoms with Gasteiger partial charge in [-0.15, -0.1) is 6.58 Å². The Labute approximate surface area is 113 Å². The van der Waals surface area contributed by atoms with Gasteiger partial charge in [0, 0.05) is 6.54 Å². The number of unbranched alkanes of at least 4 members (excludes halogenated alkanes) is 1. The van der Waals surface area contributed by atoms with Gasteiger partial charge in [-0.05, 0) is 31.4 Å². The molecule has 0 saturated carbocycles. The van der Waals surface area contributed by atoms with Gasteiger partial charge in [0.1, 0.15) is 5.69 Å². The van der Waals surface area contributed by atoms with Crippen molar-refractivity contribution in [2.45, 2.75) is 26.2 Å². The van der Waals surface area contributed by atoms with Crippen LogP contribution in [0.4, 0.5) is 11.4 Å². The topological polar surface area (TPSA) is 64.4 Å². The van der Waals surface area contributed by atoms with Crippen LogP contribution in [-0.2, 0) is 0 Å². The van der Waals surface area contributed by atoms with Crippen LogP contribution in [0, 0.1) is 10.1 Å². The molecule has 0 aliphatic rings. The van der Waals surface area contributed by atoms with Gasteiger partial charge in [-0.2, -0.15) is 0 Å². The molecule has 5 heteroatoms. The predicted octanol–water partition coefficient (Wildman–Crippen LogP) is 3.76. The monoisotopic (exact) mass is 264 g/mol. The second-order valence-corrected chi connectivity index (χ2v) is 4.12. The molecule has 0 fully saturated rings. The van der Waals surface area contributed by atoms with Gasteiger partial charge in [0.25, 0.3) is 0 Å². The van der Waals surface area contributed by atoms with E-state index in [1.165, 1.54) is 0 Å². The molecule has 1 aromatic rings. The largest absolute Gasteiger partial charge is 0.487 e. The molecule has 1 rings (SSSR count). The summed E-state index contributed by atoms with van der Waals surface area (Å²) < 4.78 is 5.49. The van der Waals surface area contributed by atoms with Crippen molar-refractivity contribution in [3.05, 3.63) is 41.0 Å². The van der Waals surface area contributed by atoms with Crippen LogP contribution in [0.2, 0.25) is 0 Å². The van der Waals surface area contributed by atoms with Gasteiger partial charge in [-0.25, -0.2) is 0 Å². The highest BCUT2D eigenvalue weighted by atomic mass is 16.6. The van der Waals surface area contributed by atoms with Crippen molar-refractivity contribution in [1.29, 1.82) is 0 Å². The third kappa shape index (κ3) is 4.62. The zero-order valence-electron chi connectivity index (χ0n) is 11.2. The van der Waals surface area contributed by atoms with E-state index >= 15 is 0 Å². The first-order chi connectivity index (χ1) is 9.20. The van der Waals surface area contributed by atoms with Crippen LogP contribution in [0.5, 0.6) is 5.75 Å². The fraction of sp³-hybridized carbons (Fsp3) is 0.429. The number of ether oxygens (including phenoxy) is 1. The Bertz CT molecular complexity index is 433. The number of hydrogen-bond donors (Lipinski definition) is 1. The molecule has 0 aliphatic carbocycles. The SMILES string of the molecule is C=CCCCOc1cccc(NCCC)c1[N+](=O)[O-]. The van der Waals surface area contributed by atoms with Crippen molar-refractivity contribution >= 4 is 11.4 Å². The summed E-state index contributed by atoms with van der Waals surface area (Å²) in [5.74, 6) is 0.315. The Balaban J connectivity index is 2.83. The van der Waals surface area contributed by atoms with E-state index in [1.807, 2.05) is 6.92 Å². The Morgan fingerprint density at radius 1 is 1.53 bits per heavy atom. The van der Waals surface area contributed by atoms with Crippen LogP contribution in [-0.4, -0.2) is 18.1 Å². The summed E-state index contributed by atoms with van der Waals surface area (Å²) in [6.45, 7) is 6.78. The molecule has 0 amide bonds. The number of nitro groups is 1. The third-order valence-corrected chi connectivity index (χ3v) is 2.56. The van der Waals surface area contributed by atoms with Crippen molar-refractivity contribution in [2.24, 2.45) is 0 Å². The molecule has 5 nitrogen and oxygen atoms in total. The molecule has 0 heterocycles. The van der Waals surface area contributed by atoms with Crippen molar-refractivity contribution in [1.82, 2.24) is 0 Å². The highest BCUT2D eigenvalue weighted by molar-refractivity contribution is 5.68. The van der Waals surface area contributed by atoms with Crippen LogP contribution in [0.25, 0.3) is 0 Å². The molecule has 0 aromatic heterocycles. The standard InChI is InChI=1S/C14H20N2O3/c1-3-5-6-11-19-13-9-7-8-12(15-10-4-2)14(13)16(17)18/h3,7-9,15H,1,4-6,10-11H2,2H3. The molecule has 0 unspecified atom stereocenters. The van der Waals surface area contributed by atoms with E-state index in [9.17, 15) is 10.1 Å². The fourth-order valence-electron chi connectivity index (χ4n) is 1.64. The van der Waals surface area contributed by atoms with Gasteiger partial charge < -0.3 is 10.1 Å². The normalized spacial score (nSPS) is 9.95. The Kier molecular flexibility index (Phi) is 6.43. The first kappa shape index (κ1) is 15.0. The lowest BCUT2D eigenvalue weighted by Crippen LogP contribution is -2.06. The van der Waals surface area contributed by atoms with Crippen LogP contribution in [0.3, 0.4) is 0 Å². The van der Waals surface area contributed by atoms with Gasteiger partial charge in [0.15, 0.2) is 5.75 Å². The summed E-state index contributed by atoms with van der Waals surface area (Å²) in [5, 5.41) is 14.2. The summed E-state index contributed by atoms with van der Waals surface area (Å²) in [7, 11) is 0.